The number of nitrogens with one attached hydrogen (secondary N) is 1. The number of nitrogens with zero attached hydrogens (tertiary/aromatic N) is 1. The smallest absolute Gasteiger partial charge is 0.406 e. The van der Waals surface area contributed by atoms with Crippen LogP contribution in [0.4, 0.5) is 13.2 Å². The number of aliphatic hydroxyl groups excluding tert-OH is 2. The molecule has 204 valence electrons. The van der Waals surface area contributed by atoms with Gasteiger partial charge in [0, 0.05) is 24.1 Å². The third kappa shape index (κ3) is 8.43. The zero-order chi connectivity index (χ0) is 27.8. The first-order valence-corrected chi connectivity index (χ1v) is 12.3. The lowest BCUT2D eigenvalue weighted by molar-refractivity contribution is -0.169. The van der Waals surface area contributed by atoms with Gasteiger partial charge in [-0.3, -0.25) is 14.4 Å². The third-order valence-electron chi connectivity index (χ3n) is 5.39. The van der Waals surface area contributed by atoms with Crippen LogP contribution >= 0.6 is 22.6 Å². The van der Waals surface area contributed by atoms with E-state index in [4.69, 9.17) is 14.6 Å². The van der Waals surface area contributed by atoms with Crippen LogP contribution < -0.4 is 14.8 Å². The molecular formula is C24H28F3IN2O7. The molecule has 0 spiro atoms. The Morgan fingerprint density at radius 1 is 1.32 bits per heavy atom. The van der Waals surface area contributed by atoms with Crippen LogP contribution in [0.15, 0.2) is 35.9 Å². The van der Waals surface area contributed by atoms with Crippen LogP contribution in [0.1, 0.15) is 30.1 Å². The quantitative estimate of drug-likeness (QED) is 0.193. The van der Waals surface area contributed by atoms with Gasteiger partial charge in [-0.25, -0.2) is 0 Å². The molecule has 37 heavy (non-hydrogen) atoms. The number of allylic oxidation sites excluding steroid dienone is 1. The molecule has 0 saturated carbocycles. The molecule has 2 amide bonds. The van der Waals surface area contributed by atoms with Crippen molar-refractivity contribution in [1.29, 1.82) is 0 Å². The van der Waals surface area contributed by atoms with Crippen LogP contribution in [-0.2, 0) is 9.59 Å². The van der Waals surface area contributed by atoms with Gasteiger partial charge in [0.15, 0.2) is 11.5 Å². The molecule has 2 rings (SSSR count). The lowest BCUT2D eigenvalue weighted by Crippen LogP contribution is -2.56. The van der Waals surface area contributed by atoms with Crippen molar-refractivity contribution in [2.45, 2.75) is 44.2 Å². The van der Waals surface area contributed by atoms with Gasteiger partial charge in [0.25, 0.3) is 0 Å². The number of hydrogen-bond acceptors (Lipinski definition) is 7. The first-order chi connectivity index (χ1) is 17.4. The number of benzene rings is 1. The predicted octanol–water partition coefficient (Wildman–Crippen LogP) is 2.38. The molecule has 1 aliphatic rings. The zero-order valence-electron chi connectivity index (χ0n) is 20.1. The van der Waals surface area contributed by atoms with Gasteiger partial charge < -0.3 is 29.9 Å². The van der Waals surface area contributed by atoms with Crippen molar-refractivity contribution in [2.75, 3.05) is 26.8 Å². The maximum atomic E-state index is 13.5. The first-order valence-electron chi connectivity index (χ1n) is 11.3. The molecule has 0 radical (unpaired) electrons. The van der Waals surface area contributed by atoms with E-state index >= 15 is 0 Å². The molecule has 0 unspecified atom stereocenters. The summed E-state index contributed by atoms with van der Waals surface area (Å²) in [6.45, 7) is -0.439. The molecule has 13 heteroatoms. The molecule has 1 aliphatic carbocycles. The molecular weight excluding hydrogens is 612 g/mol. The number of methoxy groups -OCH3 is 1. The number of carbonyl (C=O) groups excluding carboxylic acids is 3. The zero-order valence-corrected chi connectivity index (χ0v) is 22.3. The van der Waals surface area contributed by atoms with E-state index in [2.05, 4.69) is 5.32 Å². The van der Waals surface area contributed by atoms with Crippen LogP contribution in [0.25, 0.3) is 0 Å². The molecule has 0 aliphatic heterocycles. The van der Waals surface area contributed by atoms with Crippen LogP contribution in [-0.4, -0.2) is 84.4 Å². The highest BCUT2D eigenvalue weighted by atomic mass is 127. The third-order valence-corrected chi connectivity index (χ3v) is 6.19. The summed E-state index contributed by atoms with van der Waals surface area (Å²) in [7, 11) is 1.32. The maximum absolute atomic E-state index is 13.5. The summed E-state index contributed by atoms with van der Waals surface area (Å²) in [5.41, 5.74) is 0.242. The Kier molecular flexibility index (Phi) is 11.4. The number of halogens is 4. The molecule has 1 aromatic rings. The Morgan fingerprint density at radius 3 is 2.59 bits per heavy atom. The molecule has 1 aromatic carbocycles. The summed E-state index contributed by atoms with van der Waals surface area (Å²) in [5, 5.41) is 22.6. The second-order valence-electron chi connectivity index (χ2n) is 8.06. The average Bonchev–Trinajstić information content (AvgIpc) is 2.85. The van der Waals surface area contributed by atoms with Crippen molar-refractivity contribution in [1.82, 2.24) is 10.2 Å². The minimum absolute atomic E-state index is 0.0355. The van der Waals surface area contributed by atoms with Crippen molar-refractivity contribution in [3.05, 3.63) is 45.1 Å². The summed E-state index contributed by atoms with van der Waals surface area (Å²) in [5.74, 6) is -1.47. The van der Waals surface area contributed by atoms with E-state index in [9.17, 15) is 32.7 Å². The monoisotopic (exact) mass is 640 g/mol. The van der Waals surface area contributed by atoms with Crippen molar-refractivity contribution in [3.8, 4) is 11.5 Å². The Hall–Kier alpha value is -2.65. The predicted molar refractivity (Wildman–Crippen MR) is 135 cm³/mol. The molecule has 0 saturated heterocycles. The lowest BCUT2D eigenvalue weighted by Gasteiger charge is -2.40. The van der Waals surface area contributed by atoms with E-state index in [-0.39, 0.29) is 35.8 Å². The minimum atomic E-state index is -4.78. The largest absolute Gasteiger partial charge is 0.493 e. The number of ether oxygens (including phenoxy) is 2. The molecule has 0 fully saturated rings. The van der Waals surface area contributed by atoms with E-state index in [1.165, 1.54) is 31.4 Å². The average molecular weight is 640 g/mol. The Morgan fingerprint density at radius 2 is 2.03 bits per heavy atom. The van der Waals surface area contributed by atoms with E-state index in [0.29, 0.717) is 21.2 Å². The van der Waals surface area contributed by atoms with Gasteiger partial charge in [0.05, 0.1) is 23.3 Å². The van der Waals surface area contributed by atoms with Crippen LogP contribution in [0, 0.1) is 3.57 Å². The maximum Gasteiger partial charge on any atom is 0.406 e. The van der Waals surface area contributed by atoms with Gasteiger partial charge in [-0.05, 0) is 53.3 Å². The fraction of sp³-hybridized carbons (Fsp3) is 0.458. The van der Waals surface area contributed by atoms with Crippen LogP contribution in [0.2, 0.25) is 0 Å². The number of aliphatic hydroxyl groups is 2. The fourth-order valence-corrected chi connectivity index (χ4v) is 4.46. The van der Waals surface area contributed by atoms with Gasteiger partial charge in [-0.1, -0.05) is 13.0 Å². The molecule has 0 heterocycles. The first kappa shape index (κ1) is 30.6. The summed E-state index contributed by atoms with van der Waals surface area (Å²) >= 11 is 1.87. The van der Waals surface area contributed by atoms with E-state index in [1.807, 2.05) is 22.6 Å². The molecule has 9 nitrogen and oxygen atoms in total. The number of hydrogen-bond donors (Lipinski definition) is 3. The molecule has 3 atom stereocenters. The Labute approximate surface area is 225 Å². The topological polar surface area (TPSA) is 125 Å². The standard InChI is InChI=1S/C24H28F3IN2O7/c1-3-4-5-20(33)30(13-24(25,26)27)17-10-15(23(35)29-6-7-31)11-18(21(17)34)37-22-16(28)8-14(12-32)9-19(22)36-2/h4-5,8-9,11-12,17-18,21,31,34H,3,6-7,10,13H2,1-2H3,(H,29,35)/t17-,18+,21+/m1/s1. The number of carbonyl (C=O) groups is 3. The number of rotatable bonds is 11. The number of amides is 2. The summed E-state index contributed by atoms with van der Waals surface area (Å²) < 4.78 is 52.0. The minimum Gasteiger partial charge on any atom is -0.493 e. The van der Waals surface area contributed by atoms with Gasteiger partial charge >= 0.3 is 6.18 Å². The van der Waals surface area contributed by atoms with Gasteiger partial charge in [-0.15, -0.1) is 0 Å². The highest BCUT2D eigenvalue weighted by molar-refractivity contribution is 14.1. The molecule has 0 aromatic heterocycles. The molecule has 3 N–H and O–H groups in total. The highest BCUT2D eigenvalue weighted by Gasteiger charge is 2.44. The number of alkyl halides is 3. The normalized spacial score (nSPS) is 19.8. The summed E-state index contributed by atoms with van der Waals surface area (Å²) in [6.07, 6.45) is -3.58. The van der Waals surface area contributed by atoms with Crippen molar-refractivity contribution in [3.63, 3.8) is 0 Å². The van der Waals surface area contributed by atoms with E-state index < -0.39 is 49.2 Å². The van der Waals surface area contributed by atoms with Gasteiger partial charge in [0.1, 0.15) is 25.0 Å². The summed E-state index contributed by atoms with van der Waals surface area (Å²) in [6, 6.07) is 1.38. The SMILES string of the molecule is CCC=CC(=O)N(CC(F)(F)F)[C@@H]1CC(C(=O)NCCO)=C[C@H](Oc2c(I)cc(C=O)cc2OC)[C@H]1O. The Bertz CT molecular complexity index is 1050. The van der Waals surface area contributed by atoms with E-state index in [0.717, 1.165) is 6.08 Å². The van der Waals surface area contributed by atoms with E-state index in [1.54, 1.807) is 6.92 Å². The van der Waals surface area contributed by atoms with Crippen LogP contribution in [0.3, 0.4) is 0 Å². The lowest BCUT2D eigenvalue weighted by atomic mass is 9.88. The van der Waals surface area contributed by atoms with Crippen LogP contribution in [0.5, 0.6) is 11.5 Å². The molecule has 0 bridgehead atoms. The van der Waals surface area contributed by atoms with Crippen molar-refractivity contribution in [2.24, 2.45) is 0 Å². The second-order valence-corrected chi connectivity index (χ2v) is 9.22. The summed E-state index contributed by atoms with van der Waals surface area (Å²) in [4.78, 5) is 37.1. The van der Waals surface area contributed by atoms with Gasteiger partial charge in [-0.2, -0.15) is 13.2 Å². The highest BCUT2D eigenvalue weighted by Crippen LogP contribution is 2.37. The Balaban J connectivity index is 2.56. The second kappa shape index (κ2) is 13.8. The number of aldehydes is 1. The van der Waals surface area contributed by atoms with Crippen molar-refractivity contribution >= 4 is 40.7 Å². The van der Waals surface area contributed by atoms with Gasteiger partial charge in [0.2, 0.25) is 11.8 Å². The fourth-order valence-electron chi connectivity index (χ4n) is 3.70. The van der Waals surface area contributed by atoms with Crippen molar-refractivity contribution < 1.29 is 47.2 Å².